The van der Waals surface area contributed by atoms with Crippen molar-refractivity contribution in [3.63, 3.8) is 0 Å². The van der Waals surface area contributed by atoms with Crippen molar-refractivity contribution >= 4 is 12.1 Å². The van der Waals surface area contributed by atoms with Gasteiger partial charge in [0.05, 0.1) is 6.04 Å². The van der Waals surface area contributed by atoms with Crippen molar-refractivity contribution in [2.45, 2.75) is 45.8 Å². The Morgan fingerprint density at radius 3 is 2.32 bits per heavy atom. The molecule has 19 heavy (non-hydrogen) atoms. The van der Waals surface area contributed by atoms with Gasteiger partial charge >= 0.3 is 12.1 Å². The Balaban J connectivity index is 4.98. The predicted octanol–water partition coefficient (Wildman–Crippen LogP) is 2.83. The lowest BCUT2D eigenvalue weighted by molar-refractivity contribution is -0.132. The van der Waals surface area contributed by atoms with Crippen molar-refractivity contribution in [2.75, 3.05) is 7.05 Å². The van der Waals surface area contributed by atoms with E-state index in [0.717, 1.165) is 0 Å². The molecule has 0 aromatic heterocycles. The van der Waals surface area contributed by atoms with Gasteiger partial charge < -0.3 is 14.7 Å². The molecule has 1 N–H and O–H groups in total. The van der Waals surface area contributed by atoms with Gasteiger partial charge in [0.2, 0.25) is 0 Å². The van der Waals surface area contributed by atoms with Crippen molar-refractivity contribution in [1.29, 1.82) is 0 Å². The molecule has 0 aliphatic heterocycles. The summed E-state index contributed by atoms with van der Waals surface area (Å²) in [5.74, 6) is -1.01. The van der Waals surface area contributed by atoms with Crippen LogP contribution >= 0.6 is 0 Å². The molecule has 0 aliphatic carbocycles. The van der Waals surface area contributed by atoms with Crippen LogP contribution in [0.2, 0.25) is 0 Å². The summed E-state index contributed by atoms with van der Waals surface area (Å²) in [6.07, 6.45) is 3.12. The van der Waals surface area contributed by atoms with Gasteiger partial charge in [-0.15, -0.1) is 6.58 Å². The lowest BCUT2D eigenvalue weighted by Gasteiger charge is -2.29. The zero-order valence-corrected chi connectivity index (χ0v) is 12.3. The summed E-state index contributed by atoms with van der Waals surface area (Å²) >= 11 is 0. The molecule has 1 atom stereocenters. The average Bonchev–Trinajstić information content (AvgIpc) is 2.24. The Morgan fingerprint density at radius 1 is 1.42 bits per heavy atom. The lowest BCUT2D eigenvalue weighted by Crippen LogP contribution is -2.40. The summed E-state index contributed by atoms with van der Waals surface area (Å²) < 4.78 is 5.24. The molecule has 5 nitrogen and oxygen atoms in total. The molecule has 108 valence electrons. The summed E-state index contributed by atoms with van der Waals surface area (Å²) in [7, 11) is 1.58. The van der Waals surface area contributed by atoms with Gasteiger partial charge in [-0.2, -0.15) is 0 Å². The maximum Gasteiger partial charge on any atom is 0.410 e. The van der Waals surface area contributed by atoms with Crippen LogP contribution in [-0.4, -0.2) is 40.8 Å². The SMILES string of the molecule is C=CCC(C=C(C)C(=O)O)N(C)C(=O)OC(C)(C)C. The molecule has 0 saturated heterocycles. The molecule has 0 fully saturated rings. The number of amides is 1. The van der Waals surface area contributed by atoms with Crippen LogP contribution in [0.25, 0.3) is 0 Å². The third-order valence-electron chi connectivity index (χ3n) is 2.37. The highest BCUT2D eigenvalue weighted by atomic mass is 16.6. The number of likely N-dealkylation sites (N-methyl/N-ethyl adjacent to an activating group) is 1. The van der Waals surface area contributed by atoms with E-state index in [2.05, 4.69) is 6.58 Å². The van der Waals surface area contributed by atoms with Gasteiger partial charge in [-0.3, -0.25) is 0 Å². The second-order valence-electron chi connectivity index (χ2n) is 5.34. The van der Waals surface area contributed by atoms with Crippen molar-refractivity contribution in [3.8, 4) is 0 Å². The number of carboxylic acid groups (broad SMARTS) is 1. The first-order valence-electron chi connectivity index (χ1n) is 6.07. The summed E-state index contributed by atoms with van der Waals surface area (Å²) in [5.41, 5.74) is -0.405. The molecular weight excluding hydrogens is 246 g/mol. The molecule has 1 unspecified atom stereocenters. The Hall–Kier alpha value is -1.78. The molecule has 0 aromatic carbocycles. The predicted molar refractivity (Wildman–Crippen MR) is 74.0 cm³/mol. The zero-order chi connectivity index (χ0) is 15.2. The maximum absolute atomic E-state index is 11.9. The smallest absolute Gasteiger partial charge is 0.410 e. The molecule has 0 saturated carbocycles. The number of aliphatic carboxylic acids is 1. The Bertz CT molecular complexity index is 379. The summed E-state index contributed by atoms with van der Waals surface area (Å²) in [6.45, 7) is 10.4. The zero-order valence-electron chi connectivity index (χ0n) is 12.3. The monoisotopic (exact) mass is 269 g/mol. The van der Waals surface area contributed by atoms with E-state index < -0.39 is 17.7 Å². The van der Waals surface area contributed by atoms with E-state index in [0.29, 0.717) is 6.42 Å². The number of ether oxygens (including phenoxy) is 1. The standard InChI is InChI=1S/C14H23NO4/c1-7-8-11(9-10(2)12(16)17)15(6)13(18)19-14(3,4)5/h7,9,11H,1,8H2,2-6H3,(H,16,17). The van der Waals surface area contributed by atoms with Crippen LogP contribution in [-0.2, 0) is 9.53 Å². The van der Waals surface area contributed by atoms with Crippen LogP contribution in [0.15, 0.2) is 24.3 Å². The third-order valence-corrected chi connectivity index (χ3v) is 2.37. The largest absolute Gasteiger partial charge is 0.478 e. The molecule has 0 spiro atoms. The summed E-state index contributed by atoms with van der Waals surface area (Å²) in [4.78, 5) is 24.1. The first kappa shape index (κ1) is 17.2. The molecule has 0 heterocycles. The molecule has 0 aromatic rings. The van der Waals surface area contributed by atoms with E-state index in [-0.39, 0.29) is 11.6 Å². The van der Waals surface area contributed by atoms with E-state index in [1.165, 1.54) is 17.9 Å². The fourth-order valence-electron chi connectivity index (χ4n) is 1.34. The minimum absolute atomic E-state index is 0.183. The van der Waals surface area contributed by atoms with Gasteiger partial charge in [-0.05, 0) is 34.1 Å². The summed E-state index contributed by atoms with van der Waals surface area (Å²) in [5, 5.41) is 8.88. The van der Waals surface area contributed by atoms with Crippen LogP contribution in [0.4, 0.5) is 4.79 Å². The fourth-order valence-corrected chi connectivity index (χ4v) is 1.34. The maximum atomic E-state index is 11.9. The van der Waals surface area contributed by atoms with E-state index in [4.69, 9.17) is 9.84 Å². The second kappa shape index (κ2) is 6.97. The number of hydrogen-bond donors (Lipinski definition) is 1. The minimum Gasteiger partial charge on any atom is -0.478 e. The number of hydrogen-bond acceptors (Lipinski definition) is 3. The van der Waals surface area contributed by atoms with E-state index in [9.17, 15) is 9.59 Å². The van der Waals surface area contributed by atoms with Crippen molar-refractivity contribution in [1.82, 2.24) is 4.90 Å². The quantitative estimate of drug-likeness (QED) is 0.615. The molecule has 0 aliphatic rings. The molecule has 1 amide bonds. The van der Waals surface area contributed by atoms with Crippen LogP contribution in [0, 0.1) is 0 Å². The van der Waals surface area contributed by atoms with Gasteiger partial charge in [0.1, 0.15) is 5.60 Å². The van der Waals surface area contributed by atoms with Crippen molar-refractivity contribution in [3.05, 3.63) is 24.3 Å². The highest BCUT2D eigenvalue weighted by Crippen LogP contribution is 2.14. The van der Waals surface area contributed by atoms with Crippen molar-refractivity contribution in [2.24, 2.45) is 0 Å². The van der Waals surface area contributed by atoms with Gasteiger partial charge in [-0.1, -0.05) is 12.2 Å². The van der Waals surface area contributed by atoms with Crippen LogP contribution in [0.3, 0.4) is 0 Å². The topological polar surface area (TPSA) is 66.8 Å². The van der Waals surface area contributed by atoms with E-state index in [1.807, 2.05) is 0 Å². The van der Waals surface area contributed by atoms with Crippen LogP contribution < -0.4 is 0 Å². The molecule has 0 bridgehead atoms. The number of carbonyl (C=O) groups excluding carboxylic acids is 1. The average molecular weight is 269 g/mol. The van der Waals surface area contributed by atoms with Gasteiger partial charge in [0.25, 0.3) is 0 Å². The Morgan fingerprint density at radius 2 is 1.95 bits per heavy atom. The van der Waals surface area contributed by atoms with E-state index in [1.54, 1.807) is 33.9 Å². The van der Waals surface area contributed by atoms with Gasteiger partial charge in [-0.25, -0.2) is 9.59 Å². The number of rotatable bonds is 5. The second-order valence-corrected chi connectivity index (χ2v) is 5.34. The van der Waals surface area contributed by atoms with Crippen LogP contribution in [0.1, 0.15) is 34.1 Å². The highest BCUT2D eigenvalue weighted by Gasteiger charge is 2.24. The molecule has 0 rings (SSSR count). The van der Waals surface area contributed by atoms with E-state index >= 15 is 0 Å². The Kier molecular flexibility index (Phi) is 6.32. The fraction of sp³-hybridized carbons (Fsp3) is 0.571. The van der Waals surface area contributed by atoms with Gasteiger partial charge in [0.15, 0.2) is 0 Å². The first-order chi connectivity index (χ1) is 8.58. The Labute approximate surface area is 114 Å². The number of nitrogens with zero attached hydrogens (tertiary/aromatic N) is 1. The third kappa shape index (κ3) is 6.64. The van der Waals surface area contributed by atoms with Crippen LogP contribution in [0.5, 0.6) is 0 Å². The normalized spacial score (nSPS) is 13.6. The van der Waals surface area contributed by atoms with Crippen molar-refractivity contribution < 1.29 is 19.4 Å². The molecular formula is C14H23NO4. The number of carboxylic acids is 1. The molecule has 0 radical (unpaired) electrons. The molecule has 5 heteroatoms. The summed E-state index contributed by atoms with van der Waals surface area (Å²) in [6, 6.07) is -0.386. The minimum atomic E-state index is -1.01. The highest BCUT2D eigenvalue weighted by molar-refractivity contribution is 5.86. The first-order valence-corrected chi connectivity index (χ1v) is 6.07. The number of carbonyl (C=O) groups is 2. The van der Waals surface area contributed by atoms with Gasteiger partial charge in [0, 0.05) is 12.6 Å². The lowest BCUT2D eigenvalue weighted by atomic mass is 10.1.